The van der Waals surface area contributed by atoms with E-state index in [1.165, 1.54) is 11.8 Å². The molecule has 3 rings (SSSR count). The van der Waals surface area contributed by atoms with Gasteiger partial charge in [0.25, 0.3) is 5.91 Å². The molecular formula is C44H60N4O12S. The van der Waals surface area contributed by atoms with E-state index in [-0.39, 0.29) is 18.8 Å². The van der Waals surface area contributed by atoms with Crippen molar-refractivity contribution in [3.8, 4) is 0 Å². The lowest BCUT2D eigenvalue weighted by Gasteiger charge is -2.31. The predicted molar refractivity (Wildman–Crippen MR) is 229 cm³/mol. The zero-order valence-corrected chi connectivity index (χ0v) is 36.4. The Morgan fingerprint density at radius 1 is 0.639 bits per heavy atom. The van der Waals surface area contributed by atoms with Crippen LogP contribution in [0.25, 0.3) is 0 Å². The van der Waals surface area contributed by atoms with E-state index in [1.54, 1.807) is 78.1 Å². The van der Waals surface area contributed by atoms with Crippen molar-refractivity contribution < 1.29 is 58.6 Å². The van der Waals surface area contributed by atoms with Crippen molar-refractivity contribution in [3.05, 3.63) is 108 Å². The molecule has 0 radical (unpaired) electrons. The highest BCUT2D eigenvalue weighted by molar-refractivity contribution is 7.98. The molecule has 0 spiro atoms. The first-order valence-electron chi connectivity index (χ1n) is 19.8. The SMILES string of the molecule is CSC[C@H](NC(=O)OC(C)(C)C)C(=O)N[C@@H](COC(C)(C)C)C(=O)N[C@@H](CO)[C@@H](O)[C@@H](O)[C@H](O)C(=O)N[C@@H](CC(=O)OC(c1ccccc1)c1ccccc1)c1ccccc1. The number of hydrogen-bond donors (Lipinski definition) is 8. The smallest absolute Gasteiger partial charge is 0.408 e. The molecule has 0 aliphatic carbocycles. The summed E-state index contributed by atoms with van der Waals surface area (Å²) in [4.78, 5) is 66.6. The van der Waals surface area contributed by atoms with Gasteiger partial charge in [0.15, 0.2) is 12.2 Å². The van der Waals surface area contributed by atoms with Crippen LogP contribution in [-0.4, -0.2) is 123 Å². The Balaban J connectivity index is 1.75. The van der Waals surface area contributed by atoms with Gasteiger partial charge in [0.1, 0.15) is 29.9 Å². The van der Waals surface area contributed by atoms with E-state index in [0.717, 1.165) is 0 Å². The summed E-state index contributed by atoms with van der Waals surface area (Å²) in [5, 5.41) is 53.3. The standard InChI is InChI=1S/C44H60N4O12S/c1-43(2,3)58-25-32(47-40(55)33(26-61-7)48-42(57)60-44(4,5)6)39(54)46-31(24-49)35(51)36(52)37(53)41(56)45-30(27-17-11-8-12-18-27)23-34(50)59-38(28-19-13-9-14-20-28)29-21-15-10-16-22-29/h8-22,30-33,35-38,49,51-53H,23-26H2,1-7H3,(H,45,56)(H,46,54)(H,47,55)(H,48,57)/t30-,31-,32-,33-,35+,36+,37-/m0/s1. The Morgan fingerprint density at radius 3 is 1.62 bits per heavy atom. The number of thioether (sulfide) groups is 1. The summed E-state index contributed by atoms with van der Waals surface area (Å²) < 4.78 is 17.0. The Hall–Kier alpha value is -5.04. The van der Waals surface area contributed by atoms with E-state index in [4.69, 9.17) is 14.2 Å². The highest BCUT2D eigenvalue weighted by Crippen LogP contribution is 2.28. The van der Waals surface area contributed by atoms with Crippen LogP contribution in [0, 0.1) is 0 Å². The molecule has 7 atom stereocenters. The second-order valence-corrected chi connectivity index (χ2v) is 17.1. The second-order valence-electron chi connectivity index (χ2n) is 16.2. The first-order chi connectivity index (χ1) is 28.7. The van der Waals surface area contributed by atoms with Gasteiger partial charge in [-0.2, -0.15) is 11.8 Å². The molecule has 0 saturated carbocycles. The normalized spacial score (nSPS) is 15.2. The lowest BCUT2D eigenvalue weighted by Crippen LogP contribution is -2.61. The first kappa shape index (κ1) is 50.3. The van der Waals surface area contributed by atoms with Gasteiger partial charge in [-0.15, -0.1) is 0 Å². The van der Waals surface area contributed by atoms with Crippen molar-refractivity contribution in [1.82, 2.24) is 21.3 Å². The number of carbonyl (C=O) groups excluding carboxylic acids is 5. The molecule has 0 bridgehead atoms. The van der Waals surface area contributed by atoms with Crippen LogP contribution in [0.5, 0.6) is 0 Å². The maximum Gasteiger partial charge on any atom is 0.408 e. The van der Waals surface area contributed by atoms with Gasteiger partial charge in [0.05, 0.1) is 37.3 Å². The lowest BCUT2D eigenvalue weighted by molar-refractivity contribution is -0.149. The van der Waals surface area contributed by atoms with Crippen LogP contribution in [0.1, 0.15) is 76.8 Å². The van der Waals surface area contributed by atoms with Crippen LogP contribution < -0.4 is 21.3 Å². The number of benzene rings is 3. The molecule has 3 aromatic rings. The topological polar surface area (TPSA) is 242 Å². The predicted octanol–water partition coefficient (Wildman–Crippen LogP) is 2.68. The lowest BCUT2D eigenvalue weighted by atomic mass is 9.98. The molecule has 17 heteroatoms. The Bertz CT molecular complexity index is 1800. The molecule has 0 unspecified atom stereocenters. The minimum Gasteiger partial charge on any atom is -0.452 e. The van der Waals surface area contributed by atoms with E-state index in [1.807, 2.05) is 60.7 Å². The maximum absolute atomic E-state index is 13.6. The number of nitrogens with one attached hydrogen (secondary N) is 4. The first-order valence-corrected chi connectivity index (χ1v) is 21.1. The number of alkyl carbamates (subject to hydrolysis) is 1. The summed E-state index contributed by atoms with van der Waals surface area (Å²) in [5.41, 5.74) is 0.273. The third-order valence-electron chi connectivity index (χ3n) is 8.88. The summed E-state index contributed by atoms with van der Waals surface area (Å²) in [6.45, 7) is 8.75. The highest BCUT2D eigenvalue weighted by atomic mass is 32.2. The van der Waals surface area contributed by atoms with Gasteiger partial charge in [-0.05, 0) is 64.5 Å². The Kier molecular flexibility index (Phi) is 19.7. The minimum atomic E-state index is -2.32. The molecule has 61 heavy (non-hydrogen) atoms. The fourth-order valence-corrected chi connectivity index (χ4v) is 6.38. The average molecular weight is 869 g/mol. The summed E-state index contributed by atoms with van der Waals surface area (Å²) in [5.74, 6) is -3.49. The molecule has 4 amide bonds. The van der Waals surface area contributed by atoms with Gasteiger partial charge in [-0.3, -0.25) is 19.2 Å². The summed E-state index contributed by atoms with van der Waals surface area (Å²) >= 11 is 1.25. The Labute approximate surface area is 361 Å². The summed E-state index contributed by atoms with van der Waals surface area (Å²) in [7, 11) is 0. The zero-order valence-electron chi connectivity index (χ0n) is 35.6. The molecule has 3 aromatic carbocycles. The quantitative estimate of drug-likeness (QED) is 0.0720. The molecule has 334 valence electrons. The van der Waals surface area contributed by atoms with Crippen LogP contribution in [0.2, 0.25) is 0 Å². The number of ether oxygens (including phenoxy) is 3. The molecule has 0 fully saturated rings. The van der Waals surface area contributed by atoms with E-state index >= 15 is 0 Å². The molecule has 0 saturated heterocycles. The van der Waals surface area contributed by atoms with Crippen molar-refractivity contribution in [3.63, 3.8) is 0 Å². The number of aliphatic hydroxyl groups excluding tert-OH is 4. The van der Waals surface area contributed by atoms with Crippen molar-refractivity contribution >= 4 is 41.5 Å². The third-order valence-corrected chi connectivity index (χ3v) is 9.55. The number of aliphatic hydroxyl groups is 4. The maximum atomic E-state index is 13.6. The molecule has 16 nitrogen and oxygen atoms in total. The van der Waals surface area contributed by atoms with Crippen molar-refractivity contribution in [1.29, 1.82) is 0 Å². The van der Waals surface area contributed by atoms with Crippen molar-refractivity contribution in [2.45, 2.75) is 108 Å². The van der Waals surface area contributed by atoms with Crippen LogP contribution in [0.15, 0.2) is 91.0 Å². The van der Waals surface area contributed by atoms with E-state index in [2.05, 4.69) is 21.3 Å². The number of amides is 4. The average Bonchev–Trinajstić information content (AvgIpc) is 3.21. The number of carbonyl (C=O) groups is 5. The van der Waals surface area contributed by atoms with Gasteiger partial charge < -0.3 is 55.9 Å². The molecule has 0 heterocycles. The van der Waals surface area contributed by atoms with Crippen LogP contribution >= 0.6 is 11.8 Å². The van der Waals surface area contributed by atoms with Crippen molar-refractivity contribution in [2.75, 3.05) is 25.2 Å². The van der Waals surface area contributed by atoms with Crippen LogP contribution in [-0.2, 0) is 33.4 Å². The number of rotatable bonds is 21. The van der Waals surface area contributed by atoms with E-state index in [0.29, 0.717) is 16.7 Å². The summed E-state index contributed by atoms with van der Waals surface area (Å²) in [6, 6.07) is 21.3. The molecule has 8 N–H and O–H groups in total. The highest BCUT2D eigenvalue weighted by Gasteiger charge is 2.38. The third kappa shape index (κ3) is 17.1. The van der Waals surface area contributed by atoms with Gasteiger partial charge >= 0.3 is 12.1 Å². The molecule has 0 aliphatic rings. The van der Waals surface area contributed by atoms with Gasteiger partial charge in [-0.1, -0.05) is 91.0 Å². The van der Waals surface area contributed by atoms with Crippen LogP contribution in [0.3, 0.4) is 0 Å². The zero-order chi connectivity index (χ0) is 45.3. The fraction of sp³-hybridized carbons (Fsp3) is 0.477. The van der Waals surface area contributed by atoms with Gasteiger partial charge in [0, 0.05) is 5.75 Å². The number of esters is 1. The monoisotopic (exact) mass is 868 g/mol. The number of hydrogen-bond acceptors (Lipinski definition) is 13. The fourth-order valence-electron chi connectivity index (χ4n) is 5.82. The molecule has 0 aromatic heterocycles. The molecule has 0 aliphatic heterocycles. The minimum absolute atomic E-state index is 0.109. The van der Waals surface area contributed by atoms with Crippen molar-refractivity contribution in [2.24, 2.45) is 0 Å². The van der Waals surface area contributed by atoms with Gasteiger partial charge in [-0.25, -0.2) is 4.79 Å². The largest absolute Gasteiger partial charge is 0.452 e. The summed E-state index contributed by atoms with van der Waals surface area (Å²) in [6.07, 6.45) is -7.04. The second kappa shape index (κ2) is 23.8. The Morgan fingerprint density at radius 2 is 1.15 bits per heavy atom. The molecular weight excluding hydrogens is 809 g/mol. The van der Waals surface area contributed by atoms with Crippen LogP contribution in [0.4, 0.5) is 4.79 Å². The van der Waals surface area contributed by atoms with Gasteiger partial charge in [0.2, 0.25) is 11.8 Å². The van der Waals surface area contributed by atoms with E-state index in [9.17, 15) is 44.4 Å². The van der Waals surface area contributed by atoms with E-state index < -0.39 is 96.2 Å².